The summed E-state index contributed by atoms with van der Waals surface area (Å²) in [5.74, 6) is 0. The van der Waals surface area contributed by atoms with Crippen molar-refractivity contribution in [1.82, 2.24) is 0 Å². The van der Waals surface area contributed by atoms with Gasteiger partial charge in [-0.1, -0.05) is 54.6 Å². The number of fused-ring (bicyclic) bond motifs is 4. The molecule has 3 nitrogen and oxygen atoms in total. The molecular weight excluding hydrogens is 423 g/mol. The van der Waals surface area contributed by atoms with Crippen LogP contribution in [0.2, 0.25) is 0 Å². The summed E-state index contributed by atoms with van der Waals surface area (Å²) < 4.78 is 30.6. The molecule has 0 unspecified atom stereocenters. The van der Waals surface area contributed by atoms with E-state index in [0.717, 1.165) is 0 Å². The molecule has 0 aliphatic heterocycles. The lowest BCUT2D eigenvalue weighted by Gasteiger charge is -2.24. The summed E-state index contributed by atoms with van der Waals surface area (Å²) in [6.45, 7) is 0. The average Bonchev–Trinajstić information content (AvgIpc) is 2.53. The Hall–Kier alpha value is -1.70. The molecule has 0 bridgehead atoms. The molecule has 0 radical (unpaired) electrons. The van der Waals surface area contributed by atoms with Gasteiger partial charge in [0.15, 0.2) is 0 Å². The van der Waals surface area contributed by atoms with Crippen LogP contribution in [-0.4, -0.2) is 13.0 Å². The van der Waals surface area contributed by atoms with Crippen molar-refractivity contribution in [2.45, 2.75) is 4.90 Å². The third kappa shape index (κ3) is 3.31. The first-order valence-electron chi connectivity index (χ1n) is 6.89. The van der Waals surface area contributed by atoms with Crippen molar-refractivity contribution in [3.8, 4) is 22.3 Å². The van der Waals surface area contributed by atoms with E-state index in [1.54, 1.807) is 18.2 Å². The number of hydrogen-bond donors (Lipinski definition) is 1. The Labute approximate surface area is 148 Å². The van der Waals surface area contributed by atoms with Crippen molar-refractivity contribution in [2.75, 3.05) is 0 Å². The van der Waals surface area contributed by atoms with Crippen LogP contribution in [0.25, 0.3) is 22.3 Å². The molecule has 0 spiro atoms. The molecule has 3 aromatic rings. The van der Waals surface area contributed by atoms with E-state index in [1.807, 2.05) is 0 Å². The lowest BCUT2D eigenvalue weighted by Crippen LogP contribution is -1.99. The van der Waals surface area contributed by atoms with Gasteiger partial charge in [0.1, 0.15) is 0 Å². The molecule has 0 amide bonds. The number of halogens is 1. The highest BCUT2D eigenvalue weighted by molar-refractivity contribution is 14.1. The van der Waals surface area contributed by atoms with Crippen molar-refractivity contribution in [3.63, 3.8) is 0 Å². The summed E-state index contributed by atoms with van der Waals surface area (Å²) in [4.78, 5) is -0.0741. The first-order chi connectivity index (χ1) is 11.0. The van der Waals surface area contributed by atoms with Gasteiger partial charge in [0.2, 0.25) is 0 Å². The number of rotatable bonds is 1. The average molecular weight is 436 g/mol. The Balaban J connectivity index is 0.000000142. The second-order valence-corrected chi connectivity index (χ2v) is 7.58. The minimum Gasteiger partial charge on any atom is -0.282 e. The van der Waals surface area contributed by atoms with Gasteiger partial charge in [-0.15, -0.1) is 0 Å². The zero-order chi connectivity index (χ0) is 16.4. The predicted octanol–water partition coefficient (Wildman–Crippen LogP) is 4.87. The second kappa shape index (κ2) is 6.43. The molecule has 1 aliphatic rings. The minimum atomic E-state index is -4.00. The summed E-state index contributed by atoms with van der Waals surface area (Å²) in [6.07, 6.45) is 0. The van der Waals surface area contributed by atoms with E-state index in [1.165, 1.54) is 38.0 Å². The number of benzene rings is 3. The molecule has 0 aromatic heterocycles. The Morgan fingerprint density at radius 2 is 1.26 bits per heavy atom. The van der Waals surface area contributed by atoms with Gasteiger partial charge in [-0.25, -0.2) is 0 Å². The van der Waals surface area contributed by atoms with E-state index in [-0.39, 0.29) is 4.90 Å². The van der Waals surface area contributed by atoms with Crippen molar-refractivity contribution >= 4 is 32.7 Å². The van der Waals surface area contributed by atoms with E-state index in [4.69, 9.17) is 4.55 Å². The van der Waals surface area contributed by atoms with Crippen LogP contribution in [0.3, 0.4) is 0 Å². The van der Waals surface area contributed by atoms with Crippen LogP contribution in [-0.2, 0) is 10.1 Å². The molecule has 0 saturated carbocycles. The van der Waals surface area contributed by atoms with E-state index in [9.17, 15) is 8.42 Å². The molecule has 3 aromatic carbocycles. The molecule has 5 heteroatoms. The highest BCUT2D eigenvalue weighted by Crippen LogP contribution is 2.48. The highest BCUT2D eigenvalue weighted by atomic mass is 127. The molecule has 0 heterocycles. The fourth-order valence-corrected chi connectivity index (χ4v) is 3.78. The zero-order valence-corrected chi connectivity index (χ0v) is 15.0. The lowest BCUT2D eigenvalue weighted by molar-refractivity contribution is 0.483. The van der Waals surface area contributed by atoms with Gasteiger partial charge >= 0.3 is 0 Å². The van der Waals surface area contributed by atoms with Gasteiger partial charge in [0, 0.05) is 9.13 Å². The van der Waals surface area contributed by atoms with E-state index < -0.39 is 10.1 Å². The normalized spacial score (nSPS) is 11.4. The van der Waals surface area contributed by atoms with Crippen LogP contribution >= 0.6 is 22.6 Å². The highest BCUT2D eigenvalue weighted by Gasteiger charge is 2.22. The lowest BCUT2D eigenvalue weighted by atomic mass is 9.81. The van der Waals surface area contributed by atoms with E-state index in [2.05, 4.69) is 65.1 Å². The van der Waals surface area contributed by atoms with Gasteiger partial charge in [-0.3, -0.25) is 4.55 Å². The van der Waals surface area contributed by atoms with Crippen LogP contribution in [0.15, 0.2) is 77.7 Å². The largest absolute Gasteiger partial charge is 0.294 e. The van der Waals surface area contributed by atoms with Crippen molar-refractivity contribution in [2.24, 2.45) is 0 Å². The molecule has 0 atom stereocenters. The quantitative estimate of drug-likeness (QED) is 0.342. The summed E-state index contributed by atoms with van der Waals surface area (Å²) in [7, 11) is -4.00. The maximum atomic E-state index is 10.4. The molecule has 1 aliphatic carbocycles. The van der Waals surface area contributed by atoms with Gasteiger partial charge in [-0.05, 0) is 57.5 Å². The fraction of sp³-hybridized carbons (Fsp3) is 0. The van der Waals surface area contributed by atoms with E-state index >= 15 is 0 Å². The van der Waals surface area contributed by atoms with Gasteiger partial charge in [0.25, 0.3) is 10.1 Å². The van der Waals surface area contributed by atoms with Gasteiger partial charge < -0.3 is 0 Å². The molecule has 116 valence electrons. The van der Waals surface area contributed by atoms with Gasteiger partial charge in [0.05, 0.1) is 4.90 Å². The molecule has 0 fully saturated rings. The smallest absolute Gasteiger partial charge is 0.282 e. The third-order valence-corrected chi connectivity index (χ3v) is 5.31. The Morgan fingerprint density at radius 1 is 0.696 bits per heavy atom. The van der Waals surface area contributed by atoms with E-state index in [0.29, 0.717) is 0 Å². The predicted molar refractivity (Wildman–Crippen MR) is 99.8 cm³/mol. The standard InChI is InChI=1S/C12H7I.C6H6O3S/c13-11-7-3-6-10-8-4-1-2-5-9(8)12(10)11;7-10(8,9)6-4-2-1-3-5-6/h1-7H;1-5H,(H,7,8,9). The summed E-state index contributed by atoms with van der Waals surface area (Å²) in [5.41, 5.74) is 5.64. The van der Waals surface area contributed by atoms with Crippen LogP contribution in [0, 0.1) is 3.57 Å². The Morgan fingerprint density at radius 3 is 1.87 bits per heavy atom. The summed E-state index contributed by atoms with van der Waals surface area (Å²) in [5, 5.41) is 0. The first kappa shape index (κ1) is 16.2. The van der Waals surface area contributed by atoms with Crippen LogP contribution in [0.5, 0.6) is 0 Å². The van der Waals surface area contributed by atoms with Crippen molar-refractivity contribution in [1.29, 1.82) is 0 Å². The maximum absolute atomic E-state index is 10.4. The minimum absolute atomic E-state index is 0.0741. The first-order valence-corrected chi connectivity index (χ1v) is 9.41. The van der Waals surface area contributed by atoms with Crippen molar-refractivity contribution < 1.29 is 13.0 Å². The molecule has 1 N–H and O–H groups in total. The Kier molecular flexibility index (Phi) is 4.52. The third-order valence-electron chi connectivity index (χ3n) is 3.54. The SMILES string of the molecule is Ic1cccc2c1-c1ccccc1-2.O=S(=O)(O)c1ccccc1. The van der Waals surface area contributed by atoms with Crippen LogP contribution < -0.4 is 0 Å². The van der Waals surface area contributed by atoms with Gasteiger partial charge in [-0.2, -0.15) is 8.42 Å². The van der Waals surface area contributed by atoms with Crippen LogP contribution in [0.4, 0.5) is 0 Å². The Bertz CT molecular complexity index is 951. The maximum Gasteiger partial charge on any atom is 0.294 e. The summed E-state index contributed by atoms with van der Waals surface area (Å²) >= 11 is 2.40. The topological polar surface area (TPSA) is 54.4 Å². The summed E-state index contributed by atoms with van der Waals surface area (Å²) in [6, 6.07) is 22.5. The molecule has 23 heavy (non-hydrogen) atoms. The number of hydrogen-bond acceptors (Lipinski definition) is 2. The van der Waals surface area contributed by atoms with Crippen LogP contribution in [0.1, 0.15) is 0 Å². The molecular formula is C18H13IO3S. The van der Waals surface area contributed by atoms with Crippen molar-refractivity contribution in [3.05, 3.63) is 76.4 Å². The molecule has 0 saturated heterocycles. The second-order valence-electron chi connectivity index (χ2n) is 5.00. The molecule has 4 rings (SSSR count). The fourth-order valence-electron chi connectivity index (χ4n) is 2.49. The zero-order valence-electron chi connectivity index (χ0n) is 12.0. The monoisotopic (exact) mass is 436 g/mol.